The van der Waals surface area contributed by atoms with Crippen molar-refractivity contribution in [3.63, 3.8) is 0 Å². The third-order valence-electron chi connectivity index (χ3n) is 5.19. The Morgan fingerprint density at radius 3 is 2.03 bits per heavy atom. The molecule has 1 aliphatic rings. The van der Waals surface area contributed by atoms with E-state index in [1.807, 2.05) is 56.3 Å². The molecule has 0 saturated carbocycles. The van der Waals surface area contributed by atoms with E-state index in [1.54, 1.807) is 0 Å². The Morgan fingerprint density at radius 1 is 0.806 bits per heavy atom. The van der Waals surface area contributed by atoms with E-state index in [0.717, 1.165) is 34.9 Å². The van der Waals surface area contributed by atoms with Crippen LogP contribution in [-0.4, -0.2) is 18.9 Å². The number of benzene rings is 3. The van der Waals surface area contributed by atoms with Gasteiger partial charge in [0, 0.05) is 6.42 Å². The molecule has 1 aliphatic heterocycles. The van der Waals surface area contributed by atoms with Gasteiger partial charge in [0.05, 0.1) is 30.7 Å². The third-order valence-corrected chi connectivity index (χ3v) is 5.19. The molecule has 0 amide bonds. The molecule has 1 atom stereocenters. The Labute approximate surface area is 184 Å². The molecule has 0 N–H and O–H groups in total. The molecule has 4 rings (SSSR count). The van der Waals surface area contributed by atoms with Gasteiger partial charge < -0.3 is 9.47 Å². The molecule has 0 saturated heterocycles. The molecule has 0 aromatic heterocycles. The largest absolute Gasteiger partial charge is 0.494 e. The fraction of sp³-hybridized carbons (Fsp3) is 0.222. The Hall–Kier alpha value is -3.53. The summed E-state index contributed by atoms with van der Waals surface area (Å²) >= 11 is 0. The molecule has 4 heteroatoms. The second-order valence-corrected chi connectivity index (χ2v) is 7.33. The first-order valence-electron chi connectivity index (χ1n) is 10.8. The molecule has 0 fully saturated rings. The number of ether oxygens (including phenoxy) is 2. The minimum Gasteiger partial charge on any atom is -0.494 e. The molecule has 0 bridgehead atoms. The van der Waals surface area contributed by atoms with E-state index in [-0.39, 0.29) is 6.04 Å². The van der Waals surface area contributed by atoms with Crippen molar-refractivity contribution >= 4 is 17.5 Å². The molecular weight excluding hydrogens is 384 g/mol. The van der Waals surface area contributed by atoms with E-state index >= 15 is 0 Å². The minimum atomic E-state index is 0.151. The highest BCUT2D eigenvalue weighted by Crippen LogP contribution is 2.36. The van der Waals surface area contributed by atoms with Gasteiger partial charge in [0.2, 0.25) is 0 Å². The highest BCUT2D eigenvalue weighted by atomic mass is 16.5. The van der Waals surface area contributed by atoms with E-state index in [9.17, 15) is 0 Å². The zero-order valence-electron chi connectivity index (χ0n) is 18.1. The van der Waals surface area contributed by atoms with Gasteiger partial charge in [-0.25, -0.2) is 0 Å². The van der Waals surface area contributed by atoms with Crippen molar-refractivity contribution in [3.05, 3.63) is 96.1 Å². The van der Waals surface area contributed by atoms with Crippen LogP contribution in [0.15, 0.2) is 90.0 Å². The standard InChI is InChI=1S/C27H28N2O2/c1-3-30-25-16-11-21(12-17-25)10-15-23-20-27(22-13-18-26(19-14-22)31-4-2)29(28-23)24-8-6-5-7-9-24/h5-19,27H,3-4,20H2,1-2H3. The number of rotatable bonds is 8. The first-order valence-corrected chi connectivity index (χ1v) is 10.8. The van der Waals surface area contributed by atoms with E-state index in [4.69, 9.17) is 14.6 Å². The highest BCUT2D eigenvalue weighted by Gasteiger charge is 2.28. The van der Waals surface area contributed by atoms with Gasteiger partial charge in [-0.2, -0.15) is 5.10 Å². The van der Waals surface area contributed by atoms with Crippen LogP contribution in [0.25, 0.3) is 6.08 Å². The van der Waals surface area contributed by atoms with Crippen LogP contribution in [0.4, 0.5) is 5.69 Å². The first kappa shape index (κ1) is 20.7. The van der Waals surface area contributed by atoms with Gasteiger partial charge in [0.25, 0.3) is 0 Å². The average molecular weight is 413 g/mol. The monoisotopic (exact) mass is 412 g/mol. The summed E-state index contributed by atoms with van der Waals surface area (Å²) in [6.07, 6.45) is 5.06. The van der Waals surface area contributed by atoms with Gasteiger partial charge in [-0.05, 0) is 67.4 Å². The Kier molecular flexibility index (Phi) is 6.68. The molecule has 31 heavy (non-hydrogen) atoms. The van der Waals surface area contributed by atoms with Crippen LogP contribution in [0.3, 0.4) is 0 Å². The maximum absolute atomic E-state index is 5.60. The van der Waals surface area contributed by atoms with Crippen molar-refractivity contribution in [3.8, 4) is 11.5 Å². The van der Waals surface area contributed by atoms with Crippen LogP contribution < -0.4 is 14.5 Å². The summed E-state index contributed by atoms with van der Waals surface area (Å²) in [5.74, 6) is 1.79. The lowest BCUT2D eigenvalue weighted by molar-refractivity contribution is 0.340. The van der Waals surface area contributed by atoms with Crippen molar-refractivity contribution in [2.45, 2.75) is 26.3 Å². The summed E-state index contributed by atoms with van der Waals surface area (Å²) in [7, 11) is 0. The number of hydrogen-bond acceptors (Lipinski definition) is 4. The van der Waals surface area contributed by atoms with Crippen molar-refractivity contribution in [1.29, 1.82) is 0 Å². The quantitative estimate of drug-likeness (QED) is 0.423. The molecule has 0 radical (unpaired) electrons. The average Bonchev–Trinajstić information content (AvgIpc) is 3.24. The molecule has 158 valence electrons. The molecular formula is C27H28N2O2. The van der Waals surface area contributed by atoms with Crippen LogP contribution >= 0.6 is 0 Å². The van der Waals surface area contributed by atoms with Gasteiger partial charge in [0.15, 0.2) is 0 Å². The van der Waals surface area contributed by atoms with Crippen LogP contribution in [-0.2, 0) is 0 Å². The first-order chi connectivity index (χ1) is 15.3. The topological polar surface area (TPSA) is 34.1 Å². The molecule has 3 aromatic carbocycles. The Morgan fingerprint density at radius 2 is 1.42 bits per heavy atom. The lowest BCUT2D eigenvalue weighted by Gasteiger charge is -2.24. The van der Waals surface area contributed by atoms with Crippen molar-refractivity contribution in [2.24, 2.45) is 5.10 Å². The lowest BCUT2D eigenvalue weighted by atomic mass is 10.0. The maximum atomic E-state index is 5.60. The second kappa shape index (κ2) is 9.98. The van der Waals surface area contributed by atoms with Gasteiger partial charge in [-0.3, -0.25) is 5.01 Å². The van der Waals surface area contributed by atoms with E-state index < -0.39 is 0 Å². The summed E-state index contributed by atoms with van der Waals surface area (Å²) in [5, 5.41) is 7.06. The second-order valence-electron chi connectivity index (χ2n) is 7.33. The van der Waals surface area contributed by atoms with E-state index in [1.165, 1.54) is 5.56 Å². The van der Waals surface area contributed by atoms with Crippen molar-refractivity contribution in [2.75, 3.05) is 18.2 Å². The van der Waals surface area contributed by atoms with E-state index in [2.05, 4.69) is 53.6 Å². The summed E-state index contributed by atoms with van der Waals surface area (Å²) in [6.45, 7) is 5.33. The van der Waals surface area contributed by atoms with E-state index in [0.29, 0.717) is 13.2 Å². The summed E-state index contributed by atoms with van der Waals surface area (Å²) in [6, 6.07) is 27.0. The van der Waals surface area contributed by atoms with Crippen LogP contribution in [0, 0.1) is 0 Å². The number of hydrogen-bond donors (Lipinski definition) is 0. The fourth-order valence-electron chi connectivity index (χ4n) is 3.70. The Balaban J connectivity index is 1.56. The number of anilines is 1. The molecule has 1 unspecified atom stereocenters. The zero-order valence-corrected chi connectivity index (χ0v) is 18.1. The highest BCUT2D eigenvalue weighted by molar-refractivity contribution is 6.01. The number of nitrogens with zero attached hydrogens (tertiary/aromatic N) is 2. The van der Waals surface area contributed by atoms with Crippen molar-refractivity contribution in [1.82, 2.24) is 0 Å². The number of allylic oxidation sites excluding steroid dienone is 1. The predicted molar refractivity (Wildman–Crippen MR) is 128 cm³/mol. The van der Waals surface area contributed by atoms with Gasteiger partial charge in [-0.15, -0.1) is 0 Å². The maximum Gasteiger partial charge on any atom is 0.119 e. The summed E-state index contributed by atoms with van der Waals surface area (Å²) in [5.41, 5.74) is 4.49. The van der Waals surface area contributed by atoms with Gasteiger partial charge in [-0.1, -0.05) is 48.5 Å². The third kappa shape index (κ3) is 5.15. The van der Waals surface area contributed by atoms with Crippen LogP contribution in [0.5, 0.6) is 11.5 Å². The molecule has 3 aromatic rings. The lowest BCUT2D eigenvalue weighted by Crippen LogP contribution is -2.18. The summed E-state index contributed by atoms with van der Waals surface area (Å²) < 4.78 is 11.1. The van der Waals surface area contributed by atoms with Crippen LogP contribution in [0.2, 0.25) is 0 Å². The molecule has 4 nitrogen and oxygen atoms in total. The fourth-order valence-corrected chi connectivity index (χ4v) is 3.70. The number of hydrazone groups is 1. The smallest absolute Gasteiger partial charge is 0.119 e. The number of para-hydroxylation sites is 1. The SMILES string of the molecule is CCOc1ccc(C=CC2=NN(c3ccccc3)C(c3ccc(OCC)cc3)C2)cc1. The van der Waals surface area contributed by atoms with Crippen molar-refractivity contribution < 1.29 is 9.47 Å². The van der Waals surface area contributed by atoms with Gasteiger partial charge >= 0.3 is 0 Å². The Bertz CT molecular complexity index is 1030. The van der Waals surface area contributed by atoms with Gasteiger partial charge in [0.1, 0.15) is 11.5 Å². The summed E-state index contributed by atoms with van der Waals surface area (Å²) in [4.78, 5) is 0. The molecule has 1 heterocycles. The molecule has 0 aliphatic carbocycles. The predicted octanol–water partition coefficient (Wildman–Crippen LogP) is 6.50. The molecule has 0 spiro atoms. The zero-order chi connectivity index (χ0) is 21.5. The minimum absolute atomic E-state index is 0.151. The van der Waals surface area contributed by atoms with Crippen LogP contribution in [0.1, 0.15) is 37.4 Å². The normalized spacial score (nSPS) is 15.9.